The van der Waals surface area contributed by atoms with E-state index >= 15 is 0 Å². The lowest BCUT2D eigenvalue weighted by atomic mass is 10.2. The van der Waals surface area contributed by atoms with Crippen LogP contribution in [0.15, 0.2) is 33.5 Å². The maximum absolute atomic E-state index is 13.4. The second-order valence-electron chi connectivity index (χ2n) is 3.42. The van der Waals surface area contributed by atoms with Gasteiger partial charge in [-0.2, -0.15) is 0 Å². The summed E-state index contributed by atoms with van der Waals surface area (Å²) < 4.78 is 31.7. The highest BCUT2D eigenvalue weighted by Gasteiger charge is 2.13. The Kier molecular flexibility index (Phi) is 3.71. The van der Waals surface area contributed by atoms with Gasteiger partial charge in [0.2, 0.25) is 0 Å². The molecule has 0 saturated heterocycles. The number of hydrogen-bond acceptors (Lipinski definition) is 3. The second-order valence-corrected chi connectivity index (χ2v) is 4.33. The molecule has 0 fully saturated rings. The fraction of sp³-hybridized carbons (Fsp3) is 0.0909. The Balaban J connectivity index is 2.09. The van der Waals surface area contributed by atoms with Gasteiger partial charge in [-0.25, -0.2) is 8.78 Å². The number of benzene rings is 1. The van der Waals surface area contributed by atoms with Gasteiger partial charge in [0.15, 0.2) is 5.69 Å². The van der Waals surface area contributed by atoms with Crippen LogP contribution in [0.1, 0.15) is 16.1 Å². The van der Waals surface area contributed by atoms with Crippen LogP contribution in [0.5, 0.6) is 0 Å². The average Bonchev–Trinajstić information content (AvgIpc) is 2.80. The zero-order valence-corrected chi connectivity index (χ0v) is 10.5. The quantitative estimate of drug-likeness (QED) is 0.947. The Bertz CT molecular complexity index is 549. The van der Waals surface area contributed by atoms with Gasteiger partial charge in [-0.05, 0) is 12.1 Å². The van der Waals surface area contributed by atoms with Crippen LogP contribution in [0.2, 0.25) is 0 Å². The number of aromatic nitrogens is 1. The van der Waals surface area contributed by atoms with Gasteiger partial charge >= 0.3 is 0 Å². The number of carbonyl (C=O) groups excluding carboxylic acids is 1. The molecule has 18 heavy (non-hydrogen) atoms. The molecular weight excluding hydrogens is 310 g/mol. The van der Waals surface area contributed by atoms with Crippen molar-refractivity contribution >= 4 is 21.8 Å². The molecule has 1 aromatic heterocycles. The van der Waals surface area contributed by atoms with E-state index < -0.39 is 17.5 Å². The van der Waals surface area contributed by atoms with Gasteiger partial charge in [0.05, 0.1) is 0 Å². The summed E-state index contributed by atoms with van der Waals surface area (Å²) in [6, 6.07) is 3.60. The maximum Gasteiger partial charge on any atom is 0.273 e. The summed E-state index contributed by atoms with van der Waals surface area (Å²) in [5, 5.41) is 5.75. The van der Waals surface area contributed by atoms with Gasteiger partial charge in [0.1, 0.15) is 17.9 Å². The van der Waals surface area contributed by atoms with Gasteiger partial charge in [0.25, 0.3) is 5.91 Å². The van der Waals surface area contributed by atoms with Crippen LogP contribution < -0.4 is 5.32 Å². The Morgan fingerprint density at radius 2 is 2.06 bits per heavy atom. The molecule has 7 heteroatoms. The molecule has 2 aromatic rings. The summed E-state index contributed by atoms with van der Waals surface area (Å²) in [5.41, 5.74) is -0.164. The Labute approximate surface area is 109 Å². The zero-order chi connectivity index (χ0) is 13.1. The van der Waals surface area contributed by atoms with E-state index in [0.29, 0.717) is 4.47 Å². The van der Waals surface area contributed by atoms with Gasteiger partial charge in [-0.1, -0.05) is 21.1 Å². The highest BCUT2D eigenvalue weighted by molar-refractivity contribution is 9.10. The van der Waals surface area contributed by atoms with Crippen molar-refractivity contribution in [1.82, 2.24) is 10.5 Å². The first-order valence-electron chi connectivity index (χ1n) is 4.90. The molecule has 0 bridgehead atoms. The van der Waals surface area contributed by atoms with E-state index in [1.807, 2.05) is 0 Å². The number of amides is 1. The van der Waals surface area contributed by atoms with Crippen LogP contribution in [-0.2, 0) is 6.54 Å². The predicted octanol–water partition coefficient (Wildman–Crippen LogP) is 2.65. The molecular formula is C11H7BrF2N2O2. The monoisotopic (exact) mass is 316 g/mol. The molecule has 0 unspecified atom stereocenters. The van der Waals surface area contributed by atoms with Crippen LogP contribution in [0, 0.1) is 11.6 Å². The summed E-state index contributed by atoms with van der Waals surface area (Å²) in [5.74, 6) is -2.03. The first kappa shape index (κ1) is 12.7. The molecule has 0 aliphatic heterocycles. The number of halogens is 3. The van der Waals surface area contributed by atoms with Crippen LogP contribution in [0.3, 0.4) is 0 Å². The topological polar surface area (TPSA) is 55.1 Å². The van der Waals surface area contributed by atoms with Crippen molar-refractivity contribution < 1.29 is 18.1 Å². The molecule has 0 spiro atoms. The maximum atomic E-state index is 13.4. The molecule has 0 saturated carbocycles. The minimum atomic E-state index is -0.734. The molecule has 1 N–H and O–H groups in total. The van der Waals surface area contributed by atoms with E-state index in [1.165, 1.54) is 12.3 Å². The minimum absolute atomic E-state index is 0.0490. The van der Waals surface area contributed by atoms with E-state index in [1.54, 1.807) is 0 Å². The van der Waals surface area contributed by atoms with E-state index in [2.05, 4.69) is 30.9 Å². The SMILES string of the molecule is O=C(NCc1c(F)cc(Br)cc1F)c1ccon1. The molecule has 2 rings (SSSR count). The van der Waals surface area contributed by atoms with Crippen molar-refractivity contribution in [2.75, 3.05) is 0 Å². The number of nitrogens with one attached hydrogen (secondary N) is 1. The largest absolute Gasteiger partial charge is 0.364 e. The van der Waals surface area contributed by atoms with Crippen molar-refractivity contribution in [3.05, 3.63) is 51.8 Å². The molecule has 4 nitrogen and oxygen atoms in total. The van der Waals surface area contributed by atoms with Crippen LogP contribution in [0.4, 0.5) is 8.78 Å². The van der Waals surface area contributed by atoms with Gasteiger partial charge in [-0.3, -0.25) is 4.79 Å². The third-order valence-electron chi connectivity index (χ3n) is 2.20. The molecule has 0 atom stereocenters. The van der Waals surface area contributed by atoms with E-state index in [-0.39, 0.29) is 17.8 Å². The second kappa shape index (κ2) is 5.26. The standard InChI is InChI=1S/C11H7BrF2N2O2/c12-6-3-8(13)7(9(14)4-6)5-15-11(17)10-1-2-18-16-10/h1-4H,5H2,(H,15,17). The van der Waals surface area contributed by atoms with Gasteiger partial charge < -0.3 is 9.84 Å². The Morgan fingerprint density at radius 3 is 2.61 bits per heavy atom. The average molecular weight is 317 g/mol. The smallest absolute Gasteiger partial charge is 0.273 e. The summed E-state index contributed by atoms with van der Waals surface area (Å²) in [7, 11) is 0. The van der Waals surface area contributed by atoms with Gasteiger partial charge in [0, 0.05) is 22.6 Å². The molecule has 0 radical (unpaired) electrons. The third kappa shape index (κ3) is 2.73. The van der Waals surface area contributed by atoms with E-state index in [0.717, 1.165) is 12.1 Å². The van der Waals surface area contributed by atoms with Crippen molar-refractivity contribution in [3.8, 4) is 0 Å². The zero-order valence-electron chi connectivity index (χ0n) is 8.91. The highest BCUT2D eigenvalue weighted by Crippen LogP contribution is 2.19. The summed E-state index contributed by atoms with van der Waals surface area (Å²) in [6.45, 7) is -0.267. The van der Waals surface area contributed by atoms with Crippen LogP contribution in [-0.4, -0.2) is 11.1 Å². The number of rotatable bonds is 3. The van der Waals surface area contributed by atoms with E-state index in [4.69, 9.17) is 0 Å². The lowest BCUT2D eigenvalue weighted by Gasteiger charge is -2.06. The first-order chi connectivity index (χ1) is 8.58. The molecule has 0 aliphatic carbocycles. The summed E-state index contributed by atoms with van der Waals surface area (Å²) in [4.78, 5) is 11.5. The van der Waals surface area contributed by atoms with Crippen LogP contribution >= 0.6 is 15.9 Å². The number of nitrogens with zero attached hydrogens (tertiary/aromatic N) is 1. The van der Waals surface area contributed by atoms with Crippen molar-refractivity contribution in [2.45, 2.75) is 6.54 Å². The third-order valence-corrected chi connectivity index (χ3v) is 2.66. The summed E-state index contributed by atoms with van der Waals surface area (Å²) in [6.07, 6.45) is 1.23. The fourth-order valence-electron chi connectivity index (χ4n) is 1.33. The Hall–Kier alpha value is -1.76. The lowest BCUT2D eigenvalue weighted by molar-refractivity contribution is 0.0941. The lowest BCUT2D eigenvalue weighted by Crippen LogP contribution is -2.24. The van der Waals surface area contributed by atoms with E-state index in [9.17, 15) is 13.6 Å². The Morgan fingerprint density at radius 1 is 1.39 bits per heavy atom. The van der Waals surface area contributed by atoms with Crippen molar-refractivity contribution in [3.63, 3.8) is 0 Å². The highest BCUT2D eigenvalue weighted by atomic mass is 79.9. The summed E-state index contributed by atoms with van der Waals surface area (Å²) >= 11 is 2.97. The van der Waals surface area contributed by atoms with Crippen molar-refractivity contribution in [1.29, 1.82) is 0 Å². The molecule has 0 aliphatic rings. The first-order valence-corrected chi connectivity index (χ1v) is 5.69. The number of carbonyl (C=O) groups is 1. The predicted molar refractivity (Wildman–Crippen MR) is 61.7 cm³/mol. The molecule has 94 valence electrons. The normalized spacial score (nSPS) is 10.4. The minimum Gasteiger partial charge on any atom is -0.364 e. The van der Waals surface area contributed by atoms with Gasteiger partial charge in [-0.15, -0.1) is 0 Å². The fourth-order valence-corrected chi connectivity index (χ4v) is 1.73. The number of hydrogen-bond donors (Lipinski definition) is 1. The molecule has 1 aromatic carbocycles. The molecule has 1 amide bonds. The molecule has 1 heterocycles. The van der Waals surface area contributed by atoms with Crippen molar-refractivity contribution in [2.24, 2.45) is 0 Å². The van der Waals surface area contributed by atoms with Crippen LogP contribution in [0.25, 0.3) is 0 Å².